The second kappa shape index (κ2) is 9.61. The molecule has 1 amide bonds. The number of ether oxygens (including phenoxy) is 1. The summed E-state index contributed by atoms with van der Waals surface area (Å²) < 4.78 is 12.3. The first-order valence-corrected chi connectivity index (χ1v) is 10.3. The number of benzene rings is 1. The topological polar surface area (TPSA) is 110 Å². The van der Waals surface area contributed by atoms with Gasteiger partial charge in [0.15, 0.2) is 0 Å². The van der Waals surface area contributed by atoms with Gasteiger partial charge in [-0.05, 0) is 48.5 Å². The summed E-state index contributed by atoms with van der Waals surface area (Å²) in [5, 5.41) is 12.7. The number of aromatic nitrogens is 2. The molecule has 1 aromatic carbocycles. The van der Waals surface area contributed by atoms with E-state index in [2.05, 4.69) is 10.3 Å². The fourth-order valence-electron chi connectivity index (χ4n) is 2.91. The molecule has 8 nitrogen and oxygen atoms in total. The summed E-state index contributed by atoms with van der Waals surface area (Å²) in [4.78, 5) is 30.1. The number of rotatable bonds is 6. The Balaban J connectivity index is 1.77. The quantitative estimate of drug-likeness (QED) is 0.318. The van der Waals surface area contributed by atoms with Gasteiger partial charge in [-0.3, -0.25) is 14.0 Å². The highest BCUT2D eigenvalue weighted by Crippen LogP contribution is 2.32. The van der Waals surface area contributed by atoms with E-state index in [0.717, 1.165) is 6.08 Å². The molecule has 0 aliphatic rings. The van der Waals surface area contributed by atoms with E-state index in [0.29, 0.717) is 16.4 Å². The van der Waals surface area contributed by atoms with Crippen LogP contribution < -0.4 is 15.6 Å². The maximum Gasteiger partial charge on any atom is 0.269 e. The third-order valence-corrected chi connectivity index (χ3v) is 5.02. The minimum Gasteiger partial charge on any atom is -0.467 e. The van der Waals surface area contributed by atoms with Crippen molar-refractivity contribution < 1.29 is 13.9 Å². The zero-order valence-electron chi connectivity index (χ0n) is 16.8. The number of amides is 1. The van der Waals surface area contributed by atoms with Gasteiger partial charge in [0.05, 0.1) is 17.8 Å². The molecular weight excluding hydrogens is 467 g/mol. The number of fused-ring (bicyclic) bond motifs is 1. The molecule has 164 valence electrons. The summed E-state index contributed by atoms with van der Waals surface area (Å²) in [7, 11) is 0. The molecule has 0 spiro atoms. The van der Waals surface area contributed by atoms with Crippen LogP contribution in [0.25, 0.3) is 11.7 Å². The Hall–Kier alpha value is -4.06. The summed E-state index contributed by atoms with van der Waals surface area (Å²) in [6, 6.07) is 14.7. The van der Waals surface area contributed by atoms with Gasteiger partial charge in [-0.2, -0.15) is 10.2 Å². The van der Waals surface area contributed by atoms with Crippen LogP contribution in [0.4, 0.5) is 0 Å². The molecule has 4 rings (SSSR count). The zero-order valence-corrected chi connectivity index (χ0v) is 18.3. The first-order valence-electron chi connectivity index (χ1n) is 9.53. The summed E-state index contributed by atoms with van der Waals surface area (Å²) >= 11 is 12.1. The van der Waals surface area contributed by atoms with Crippen LogP contribution in [0, 0.1) is 11.3 Å². The minimum absolute atomic E-state index is 0.0730. The second-order valence-electron chi connectivity index (χ2n) is 6.67. The molecule has 0 fully saturated rings. The largest absolute Gasteiger partial charge is 0.467 e. The van der Waals surface area contributed by atoms with Gasteiger partial charge >= 0.3 is 0 Å². The monoisotopic (exact) mass is 480 g/mol. The van der Waals surface area contributed by atoms with Gasteiger partial charge in [0, 0.05) is 11.2 Å². The molecule has 0 saturated carbocycles. The van der Waals surface area contributed by atoms with E-state index in [-0.39, 0.29) is 34.3 Å². The SMILES string of the molecule is N#CC(=Cc1c(Oc2ccc(Cl)cc2Cl)nc2ccccn2c1=O)C(=O)NCc1ccco1. The number of hydrogen-bond donors (Lipinski definition) is 1. The molecule has 0 aliphatic heterocycles. The van der Waals surface area contributed by atoms with Crippen LogP contribution >= 0.6 is 23.2 Å². The minimum atomic E-state index is -0.693. The number of carbonyl (C=O) groups is 1. The molecule has 0 radical (unpaired) electrons. The number of halogens is 2. The number of nitrogens with zero attached hydrogens (tertiary/aromatic N) is 3. The maximum absolute atomic E-state index is 13.2. The number of nitriles is 1. The molecule has 0 bridgehead atoms. The van der Waals surface area contributed by atoms with E-state index in [4.69, 9.17) is 32.4 Å². The first-order chi connectivity index (χ1) is 16.0. The van der Waals surface area contributed by atoms with E-state index in [9.17, 15) is 14.9 Å². The van der Waals surface area contributed by atoms with Crippen LogP contribution in [0.1, 0.15) is 11.3 Å². The van der Waals surface area contributed by atoms with E-state index in [1.54, 1.807) is 36.4 Å². The Morgan fingerprint density at radius 1 is 1.24 bits per heavy atom. The molecule has 0 aliphatic carbocycles. The van der Waals surface area contributed by atoms with Crippen LogP contribution in [0.15, 0.2) is 75.8 Å². The predicted molar refractivity (Wildman–Crippen MR) is 122 cm³/mol. The lowest BCUT2D eigenvalue weighted by Crippen LogP contribution is -2.24. The molecule has 1 N–H and O–H groups in total. The highest BCUT2D eigenvalue weighted by Gasteiger charge is 2.18. The van der Waals surface area contributed by atoms with Gasteiger partial charge in [-0.15, -0.1) is 0 Å². The molecular formula is C23H14Cl2N4O4. The van der Waals surface area contributed by atoms with Gasteiger partial charge < -0.3 is 14.5 Å². The molecule has 10 heteroatoms. The van der Waals surface area contributed by atoms with Gasteiger partial charge in [-0.25, -0.2) is 0 Å². The van der Waals surface area contributed by atoms with Crippen LogP contribution in [-0.4, -0.2) is 15.3 Å². The standard InChI is InChI=1S/C23H14Cl2N4O4/c24-15-6-7-19(18(25)11-15)33-22-17(23(31)29-8-2-1-5-20(29)28-22)10-14(12-26)21(30)27-13-16-4-3-9-32-16/h1-11H,13H2,(H,27,30). The Bertz CT molecular complexity index is 1470. The van der Waals surface area contributed by atoms with E-state index in [1.165, 1.54) is 29.0 Å². The summed E-state index contributed by atoms with van der Waals surface area (Å²) in [5.41, 5.74) is -0.648. The molecule has 0 unspecified atom stereocenters. The van der Waals surface area contributed by atoms with Gasteiger partial charge in [-0.1, -0.05) is 29.3 Å². The molecule has 3 aromatic heterocycles. The lowest BCUT2D eigenvalue weighted by Gasteiger charge is -2.11. The second-order valence-corrected chi connectivity index (χ2v) is 7.52. The van der Waals surface area contributed by atoms with Gasteiger partial charge in [0.25, 0.3) is 11.5 Å². The summed E-state index contributed by atoms with van der Waals surface area (Å²) in [6.45, 7) is 0.0730. The van der Waals surface area contributed by atoms with Crippen molar-refractivity contribution in [3.05, 3.63) is 98.3 Å². The normalized spacial score (nSPS) is 11.2. The van der Waals surface area contributed by atoms with Gasteiger partial charge in [0.2, 0.25) is 5.88 Å². The van der Waals surface area contributed by atoms with Crippen molar-refractivity contribution >= 4 is 40.8 Å². The average Bonchev–Trinajstić information content (AvgIpc) is 3.33. The predicted octanol–water partition coefficient (Wildman–Crippen LogP) is 4.61. The third-order valence-electron chi connectivity index (χ3n) is 4.49. The number of pyridine rings is 1. The molecule has 0 atom stereocenters. The van der Waals surface area contributed by atoms with Crippen molar-refractivity contribution in [1.82, 2.24) is 14.7 Å². The molecule has 33 heavy (non-hydrogen) atoms. The van der Waals surface area contributed by atoms with Crippen LogP contribution in [0.5, 0.6) is 11.6 Å². The average molecular weight is 481 g/mol. The van der Waals surface area contributed by atoms with Crippen molar-refractivity contribution in [3.8, 4) is 17.7 Å². The fraction of sp³-hybridized carbons (Fsp3) is 0.0435. The highest BCUT2D eigenvalue weighted by atomic mass is 35.5. The lowest BCUT2D eigenvalue weighted by atomic mass is 10.1. The van der Waals surface area contributed by atoms with Crippen molar-refractivity contribution in [3.63, 3.8) is 0 Å². The number of hydrogen-bond acceptors (Lipinski definition) is 6. The van der Waals surface area contributed by atoms with Crippen molar-refractivity contribution in [1.29, 1.82) is 5.26 Å². The van der Waals surface area contributed by atoms with E-state index < -0.39 is 11.5 Å². The number of furan rings is 1. The number of nitrogens with one attached hydrogen (secondary N) is 1. The summed E-state index contributed by atoms with van der Waals surface area (Å²) in [5.74, 6) is -0.109. The van der Waals surface area contributed by atoms with Crippen LogP contribution in [0.2, 0.25) is 10.0 Å². The van der Waals surface area contributed by atoms with Crippen LogP contribution in [-0.2, 0) is 11.3 Å². The fourth-order valence-corrected chi connectivity index (χ4v) is 3.36. The van der Waals surface area contributed by atoms with Crippen LogP contribution in [0.3, 0.4) is 0 Å². The lowest BCUT2D eigenvalue weighted by molar-refractivity contribution is -0.117. The Morgan fingerprint density at radius 3 is 2.82 bits per heavy atom. The Morgan fingerprint density at radius 2 is 2.09 bits per heavy atom. The van der Waals surface area contributed by atoms with Crippen molar-refractivity contribution in [2.24, 2.45) is 0 Å². The third kappa shape index (κ3) is 4.90. The van der Waals surface area contributed by atoms with Crippen molar-refractivity contribution in [2.45, 2.75) is 6.54 Å². The molecule has 4 aromatic rings. The maximum atomic E-state index is 13.2. The molecule has 0 saturated heterocycles. The van der Waals surface area contributed by atoms with E-state index in [1.807, 2.05) is 6.07 Å². The van der Waals surface area contributed by atoms with Crippen molar-refractivity contribution in [2.75, 3.05) is 0 Å². The van der Waals surface area contributed by atoms with Gasteiger partial charge in [0.1, 0.15) is 34.4 Å². The van der Waals surface area contributed by atoms with E-state index >= 15 is 0 Å². The highest BCUT2D eigenvalue weighted by molar-refractivity contribution is 6.35. The smallest absolute Gasteiger partial charge is 0.269 e. The Labute approximate surface area is 197 Å². The first kappa shape index (κ1) is 22.1. The zero-order chi connectivity index (χ0) is 23.4. The Kier molecular flexibility index (Phi) is 6.45. The molecule has 3 heterocycles. The summed E-state index contributed by atoms with van der Waals surface area (Å²) in [6.07, 6.45) is 4.12. The number of carbonyl (C=O) groups excluding carboxylic acids is 1.